The second-order valence-corrected chi connectivity index (χ2v) is 3.92. The highest BCUT2D eigenvalue weighted by Gasteiger charge is 2.20. The van der Waals surface area contributed by atoms with Gasteiger partial charge < -0.3 is 5.73 Å². The Morgan fingerprint density at radius 3 is 2.85 bits per heavy atom. The van der Waals surface area contributed by atoms with Gasteiger partial charge in [-0.25, -0.2) is 0 Å². The molecule has 1 fully saturated rings. The van der Waals surface area contributed by atoms with Crippen LogP contribution in [0.15, 0.2) is 0 Å². The number of aromatic nitrogens is 2. The maximum atomic E-state index is 5.74. The maximum absolute atomic E-state index is 5.74. The van der Waals surface area contributed by atoms with Crippen LogP contribution < -0.4 is 5.73 Å². The number of hydrogen-bond acceptors (Lipinski definition) is 2. The Morgan fingerprint density at radius 2 is 2.31 bits per heavy atom. The molecular formula is C10H17N3. The van der Waals surface area contributed by atoms with E-state index in [1.807, 2.05) is 0 Å². The first kappa shape index (κ1) is 8.60. The maximum Gasteiger partial charge on any atom is 0.148 e. The summed E-state index contributed by atoms with van der Waals surface area (Å²) in [4.78, 5) is 0. The third-order valence-electron chi connectivity index (χ3n) is 3.06. The molecule has 3 heteroatoms. The van der Waals surface area contributed by atoms with Gasteiger partial charge in [-0.3, -0.25) is 5.10 Å². The Bertz CT molecular complexity index is 286. The quantitative estimate of drug-likeness (QED) is 0.744. The lowest BCUT2D eigenvalue weighted by molar-refractivity contribution is 0.311. The van der Waals surface area contributed by atoms with Crippen LogP contribution in [0.3, 0.4) is 0 Å². The molecule has 1 saturated carbocycles. The molecule has 0 aliphatic heterocycles. The molecule has 3 nitrogen and oxygen atoms in total. The summed E-state index contributed by atoms with van der Waals surface area (Å²) in [5, 5.41) is 7.10. The Hall–Kier alpha value is -0.990. The third kappa shape index (κ3) is 1.55. The van der Waals surface area contributed by atoms with E-state index in [1.54, 1.807) is 0 Å². The van der Waals surface area contributed by atoms with Gasteiger partial charge in [0.15, 0.2) is 0 Å². The van der Waals surface area contributed by atoms with Crippen LogP contribution >= 0.6 is 0 Å². The van der Waals surface area contributed by atoms with Gasteiger partial charge in [-0.05, 0) is 18.8 Å². The monoisotopic (exact) mass is 179 g/mol. The van der Waals surface area contributed by atoms with Gasteiger partial charge in [0.05, 0.1) is 0 Å². The number of anilines is 1. The van der Waals surface area contributed by atoms with Gasteiger partial charge in [-0.15, -0.1) is 0 Å². The Balaban J connectivity index is 2.09. The van der Waals surface area contributed by atoms with E-state index in [-0.39, 0.29) is 0 Å². The molecule has 13 heavy (non-hydrogen) atoms. The van der Waals surface area contributed by atoms with Crippen LogP contribution in [-0.4, -0.2) is 10.2 Å². The average Bonchev–Trinajstić information content (AvgIpc) is 2.39. The highest BCUT2D eigenvalue weighted by atomic mass is 15.2. The zero-order valence-corrected chi connectivity index (χ0v) is 8.14. The minimum Gasteiger partial charge on any atom is -0.382 e. The van der Waals surface area contributed by atoms with Crippen LogP contribution in [0.2, 0.25) is 0 Å². The van der Waals surface area contributed by atoms with Crippen LogP contribution in [0.5, 0.6) is 0 Å². The normalized spacial score (nSPS) is 17.3. The number of nitrogens with one attached hydrogen (secondary N) is 1. The van der Waals surface area contributed by atoms with Crippen molar-refractivity contribution in [1.29, 1.82) is 0 Å². The molecule has 0 saturated heterocycles. The summed E-state index contributed by atoms with van der Waals surface area (Å²) in [5.74, 6) is 1.57. The number of aromatic amines is 1. The predicted molar refractivity (Wildman–Crippen MR) is 53.4 cm³/mol. The van der Waals surface area contributed by atoms with Crippen molar-refractivity contribution in [3.63, 3.8) is 0 Å². The smallest absolute Gasteiger partial charge is 0.148 e. The van der Waals surface area contributed by atoms with Crippen LogP contribution in [0.1, 0.15) is 37.4 Å². The standard InChI is InChI=1S/C10H17N3/c1-2-8-9(12-13-10(8)11)6-7-4-3-5-7/h7H,2-6H2,1H3,(H3,11,12,13). The van der Waals surface area contributed by atoms with Crippen molar-refractivity contribution in [3.8, 4) is 0 Å². The van der Waals surface area contributed by atoms with E-state index < -0.39 is 0 Å². The number of hydrogen-bond donors (Lipinski definition) is 2. The Kier molecular flexibility index (Phi) is 2.25. The summed E-state index contributed by atoms with van der Waals surface area (Å²) >= 11 is 0. The number of rotatable bonds is 3. The summed E-state index contributed by atoms with van der Waals surface area (Å²) < 4.78 is 0. The molecule has 3 N–H and O–H groups in total. The molecule has 0 radical (unpaired) electrons. The second-order valence-electron chi connectivity index (χ2n) is 3.92. The Labute approximate surface area is 78.7 Å². The fraction of sp³-hybridized carbons (Fsp3) is 0.700. The van der Waals surface area contributed by atoms with Gasteiger partial charge in [-0.1, -0.05) is 26.2 Å². The molecule has 1 aromatic rings. The van der Waals surface area contributed by atoms with Gasteiger partial charge in [0.2, 0.25) is 0 Å². The topological polar surface area (TPSA) is 54.7 Å². The zero-order chi connectivity index (χ0) is 9.26. The van der Waals surface area contributed by atoms with Crippen molar-refractivity contribution in [2.75, 3.05) is 5.73 Å². The van der Waals surface area contributed by atoms with Crippen molar-refractivity contribution in [1.82, 2.24) is 10.2 Å². The molecule has 0 atom stereocenters. The highest BCUT2D eigenvalue weighted by Crippen LogP contribution is 2.30. The fourth-order valence-electron chi connectivity index (χ4n) is 1.97. The molecule has 2 rings (SSSR count). The second kappa shape index (κ2) is 3.40. The first-order valence-corrected chi connectivity index (χ1v) is 5.12. The van der Waals surface area contributed by atoms with Crippen LogP contribution in [-0.2, 0) is 12.8 Å². The van der Waals surface area contributed by atoms with E-state index in [0.717, 1.165) is 18.8 Å². The molecule has 72 valence electrons. The Morgan fingerprint density at radius 1 is 1.54 bits per heavy atom. The van der Waals surface area contributed by atoms with Gasteiger partial charge in [0, 0.05) is 11.3 Å². The van der Waals surface area contributed by atoms with Crippen LogP contribution in [0.4, 0.5) is 5.82 Å². The molecular weight excluding hydrogens is 162 g/mol. The van der Waals surface area contributed by atoms with Gasteiger partial charge >= 0.3 is 0 Å². The summed E-state index contributed by atoms with van der Waals surface area (Å²) in [6, 6.07) is 0. The lowest BCUT2D eigenvalue weighted by Gasteiger charge is -2.24. The number of nitrogens with zero attached hydrogens (tertiary/aromatic N) is 1. The number of nitrogen functional groups attached to an aromatic ring is 1. The number of H-pyrrole nitrogens is 1. The molecule has 0 aromatic carbocycles. The first-order valence-electron chi connectivity index (χ1n) is 5.12. The van der Waals surface area contributed by atoms with Crippen LogP contribution in [0.25, 0.3) is 0 Å². The summed E-state index contributed by atoms with van der Waals surface area (Å²) in [7, 11) is 0. The SMILES string of the molecule is CCc1c(N)n[nH]c1CC1CCC1. The van der Waals surface area contributed by atoms with Crippen molar-refractivity contribution in [2.24, 2.45) is 5.92 Å². The predicted octanol–water partition coefficient (Wildman–Crippen LogP) is 1.90. The lowest BCUT2D eigenvalue weighted by atomic mass is 9.81. The largest absolute Gasteiger partial charge is 0.382 e. The van der Waals surface area contributed by atoms with E-state index in [2.05, 4.69) is 17.1 Å². The van der Waals surface area contributed by atoms with E-state index in [1.165, 1.54) is 30.5 Å². The van der Waals surface area contributed by atoms with Crippen LogP contribution in [0, 0.1) is 5.92 Å². The van der Waals surface area contributed by atoms with Gasteiger partial charge in [0.1, 0.15) is 5.82 Å². The van der Waals surface area contributed by atoms with Gasteiger partial charge in [-0.2, -0.15) is 5.10 Å². The highest BCUT2D eigenvalue weighted by molar-refractivity contribution is 5.42. The average molecular weight is 179 g/mol. The number of nitrogens with two attached hydrogens (primary N) is 1. The van der Waals surface area contributed by atoms with E-state index >= 15 is 0 Å². The molecule has 1 aliphatic rings. The molecule has 0 spiro atoms. The van der Waals surface area contributed by atoms with E-state index in [9.17, 15) is 0 Å². The fourth-order valence-corrected chi connectivity index (χ4v) is 1.97. The first-order chi connectivity index (χ1) is 6.31. The van der Waals surface area contributed by atoms with Crippen molar-refractivity contribution < 1.29 is 0 Å². The summed E-state index contributed by atoms with van der Waals surface area (Å²) in [6.45, 7) is 2.13. The van der Waals surface area contributed by atoms with Crippen molar-refractivity contribution in [3.05, 3.63) is 11.3 Å². The minimum absolute atomic E-state index is 0.692. The lowest BCUT2D eigenvalue weighted by Crippen LogP contribution is -2.14. The van der Waals surface area contributed by atoms with Crippen molar-refractivity contribution in [2.45, 2.75) is 39.0 Å². The summed E-state index contributed by atoms with van der Waals surface area (Å²) in [6.07, 6.45) is 6.29. The molecule has 1 heterocycles. The molecule has 1 aromatic heterocycles. The van der Waals surface area contributed by atoms with E-state index in [4.69, 9.17) is 5.73 Å². The van der Waals surface area contributed by atoms with Gasteiger partial charge in [0.25, 0.3) is 0 Å². The van der Waals surface area contributed by atoms with Crippen molar-refractivity contribution >= 4 is 5.82 Å². The molecule has 0 bridgehead atoms. The summed E-state index contributed by atoms with van der Waals surface area (Å²) in [5.41, 5.74) is 8.24. The molecule has 0 amide bonds. The van der Waals surface area contributed by atoms with E-state index in [0.29, 0.717) is 5.82 Å². The molecule has 0 unspecified atom stereocenters. The third-order valence-corrected chi connectivity index (χ3v) is 3.06. The zero-order valence-electron chi connectivity index (χ0n) is 8.14. The molecule has 1 aliphatic carbocycles. The minimum atomic E-state index is 0.692.